The van der Waals surface area contributed by atoms with E-state index in [-0.39, 0.29) is 5.92 Å². The maximum Gasteiger partial charge on any atom is 0.142 e. The number of aromatic nitrogens is 2. The molecule has 1 fully saturated rings. The molecule has 1 aliphatic heterocycles. The van der Waals surface area contributed by atoms with Gasteiger partial charge in [-0.1, -0.05) is 6.92 Å². The topological polar surface area (TPSA) is 46.9 Å². The van der Waals surface area contributed by atoms with Gasteiger partial charge in [0.25, 0.3) is 0 Å². The summed E-state index contributed by atoms with van der Waals surface area (Å²) in [5, 5.41) is 7.52. The first-order valence-corrected chi connectivity index (χ1v) is 6.71. The number of nitrogens with zero attached hydrogens (tertiary/aromatic N) is 2. The van der Waals surface area contributed by atoms with Gasteiger partial charge in [-0.05, 0) is 41.9 Å². The number of Topliss-reactive ketones (excluding diaryl/α,β-unsaturated/α-hetero) is 1. The standard InChI is InChI=1S/C12H18BrN3O/c1-7(9-5-14-6-9)11(17)4-10-12(13)8(2)15-16(10)3/h7,9,14H,4-6H2,1-3H3. The molecule has 1 saturated heterocycles. The smallest absolute Gasteiger partial charge is 0.142 e. The molecule has 2 heterocycles. The predicted octanol–water partition coefficient (Wildman–Crippen LogP) is 1.46. The van der Waals surface area contributed by atoms with Crippen molar-refractivity contribution in [2.24, 2.45) is 18.9 Å². The van der Waals surface area contributed by atoms with Crippen LogP contribution in [0, 0.1) is 18.8 Å². The van der Waals surface area contributed by atoms with Crippen molar-refractivity contribution >= 4 is 21.7 Å². The molecule has 0 aromatic carbocycles. The van der Waals surface area contributed by atoms with Crippen molar-refractivity contribution in [1.29, 1.82) is 0 Å². The number of hydrogen-bond acceptors (Lipinski definition) is 3. The Balaban J connectivity index is 2.07. The largest absolute Gasteiger partial charge is 0.316 e. The minimum Gasteiger partial charge on any atom is -0.316 e. The zero-order valence-corrected chi connectivity index (χ0v) is 12.0. The van der Waals surface area contributed by atoms with Gasteiger partial charge < -0.3 is 5.32 Å². The Morgan fingerprint density at radius 2 is 2.29 bits per heavy atom. The van der Waals surface area contributed by atoms with Crippen LogP contribution in [0.4, 0.5) is 0 Å². The molecule has 0 spiro atoms. The van der Waals surface area contributed by atoms with Gasteiger partial charge in [-0.2, -0.15) is 5.10 Å². The van der Waals surface area contributed by atoms with Crippen molar-refractivity contribution in [1.82, 2.24) is 15.1 Å². The minimum atomic E-state index is 0.137. The predicted molar refractivity (Wildman–Crippen MR) is 69.9 cm³/mol. The fourth-order valence-corrected chi connectivity index (χ4v) is 2.60. The summed E-state index contributed by atoms with van der Waals surface area (Å²) < 4.78 is 2.76. The Kier molecular flexibility index (Phi) is 3.68. The summed E-state index contributed by atoms with van der Waals surface area (Å²) in [7, 11) is 1.88. The highest BCUT2D eigenvalue weighted by atomic mass is 79.9. The van der Waals surface area contributed by atoms with Crippen molar-refractivity contribution in [2.75, 3.05) is 13.1 Å². The molecule has 5 heteroatoms. The number of hydrogen-bond donors (Lipinski definition) is 1. The van der Waals surface area contributed by atoms with Gasteiger partial charge in [0.2, 0.25) is 0 Å². The van der Waals surface area contributed by atoms with E-state index in [2.05, 4.69) is 26.3 Å². The maximum atomic E-state index is 12.2. The molecule has 4 nitrogen and oxygen atoms in total. The Bertz CT molecular complexity index is 437. The molecule has 17 heavy (non-hydrogen) atoms. The van der Waals surface area contributed by atoms with Crippen LogP contribution in [0.15, 0.2) is 4.47 Å². The molecule has 1 atom stereocenters. The average Bonchev–Trinajstić information content (AvgIpc) is 2.42. The van der Waals surface area contributed by atoms with E-state index in [1.165, 1.54) is 0 Å². The van der Waals surface area contributed by atoms with Crippen LogP contribution in [0.2, 0.25) is 0 Å². The lowest BCUT2D eigenvalue weighted by Crippen LogP contribution is -2.47. The van der Waals surface area contributed by atoms with Crippen LogP contribution >= 0.6 is 15.9 Å². The molecule has 0 radical (unpaired) electrons. The van der Waals surface area contributed by atoms with E-state index >= 15 is 0 Å². The first-order chi connectivity index (χ1) is 8.00. The van der Waals surface area contributed by atoms with Crippen molar-refractivity contribution in [2.45, 2.75) is 20.3 Å². The lowest BCUT2D eigenvalue weighted by Gasteiger charge is -2.31. The average molecular weight is 300 g/mol. The molecule has 1 N–H and O–H groups in total. The molecule has 2 rings (SSSR count). The highest BCUT2D eigenvalue weighted by Crippen LogP contribution is 2.24. The van der Waals surface area contributed by atoms with Crippen LogP contribution in [-0.4, -0.2) is 28.7 Å². The number of aryl methyl sites for hydroxylation is 2. The van der Waals surface area contributed by atoms with Gasteiger partial charge in [-0.15, -0.1) is 0 Å². The SMILES string of the molecule is Cc1nn(C)c(CC(=O)C(C)C2CNC2)c1Br. The normalized spacial score (nSPS) is 17.9. The Morgan fingerprint density at radius 3 is 2.71 bits per heavy atom. The van der Waals surface area contributed by atoms with Crippen LogP contribution < -0.4 is 5.32 Å². The summed E-state index contributed by atoms with van der Waals surface area (Å²) in [5.74, 6) is 0.953. The van der Waals surface area contributed by atoms with E-state index in [1.54, 1.807) is 4.68 Å². The summed E-state index contributed by atoms with van der Waals surface area (Å²) in [6.45, 7) is 5.92. The van der Waals surface area contributed by atoms with Crippen LogP contribution in [0.3, 0.4) is 0 Å². The van der Waals surface area contributed by atoms with Gasteiger partial charge >= 0.3 is 0 Å². The monoisotopic (exact) mass is 299 g/mol. The quantitative estimate of drug-likeness (QED) is 0.916. The molecule has 0 saturated carbocycles. The highest BCUT2D eigenvalue weighted by Gasteiger charge is 2.29. The van der Waals surface area contributed by atoms with Crippen LogP contribution in [-0.2, 0) is 18.3 Å². The number of nitrogens with one attached hydrogen (secondary N) is 1. The second kappa shape index (κ2) is 4.90. The van der Waals surface area contributed by atoms with Gasteiger partial charge in [0.15, 0.2) is 0 Å². The van der Waals surface area contributed by atoms with Crippen molar-refractivity contribution in [3.63, 3.8) is 0 Å². The van der Waals surface area contributed by atoms with Crippen LogP contribution in [0.5, 0.6) is 0 Å². The third kappa shape index (κ3) is 2.45. The van der Waals surface area contributed by atoms with Crippen molar-refractivity contribution in [3.8, 4) is 0 Å². The molecule has 0 amide bonds. The molecule has 94 valence electrons. The second-order valence-electron chi connectivity index (χ2n) is 4.82. The molecule has 1 unspecified atom stereocenters. The number of ketones is 1. The summed E-state index contributed by atoms with van der Waals surface area (Å²) >= 11 is 3.50. The van der Waals surface area contributed by atoms with E-state index in [9.17, 15) is 4.79 Å². The van der Waals surface area contributed by atoms with Gasteiger partial charge in [0.1, 0.15) is 5.78 Å². The molecule has 1 aliphatic rings. The molecule has 1 aromatic rings. The third-order valence-electron chi connectivity index (χ3n) is 3.63. The molecular weight excluding hydrogens is 282 g/mol. The maximum absolute atomic E-state index is 12.2. The fourth-order valence-electron chi connectivity index (χ4n) is 2.13. The Labute approximate surface area is 110 Å². The van der Waals surface area contributed by atoms with Gasteiger partial charge in [0, 0.05) is 19.4 Å². The molecule has 0 aliphatic carbocycles. The summed E-state index contributed by atoms with van der Waals surface area (Å²) in [6, 6.07) is 0. The number of carbonyl (C=O) groups is 1. The summed E-state index contributed by atoms with van der Waals surface area (Å²) in [6.07, 6.45) is 0.468. The number of halogens is 1. The molecule has 0 bridgehead atoms. The zero-order valence-electron chi connectivity index (χ0n) is 10.5. The van der Waals surface area contributed by atoms with E-state index in [4.69, 9.17) is 0 Å². The number of carbonyl (C=O) groups excluding carboxylic acids is 1. The zero-order chi connectivity index (χ0) is 12.6. The Hall–Kier alpha value is -0.680. The summed E-state index contributed by atoms with van der Waals surface area (Å²) in [4.78, 5) is 12.2. The van der Waals surface area contributed by atoms with Crippen molar-refractivity contribution < 1.29 is 4.79 Å². The first kappa shape index (κ1) is 12.8. The fraction of sp³-hybridized carbons (Fsp3) is 0.667. The van der Waals surface area contributed by atoms with Crippen LogP contribution in [0.25, 0.3) is 0 Å². The highest BCUT2D eigenvalue weighted by molar-refractivity contribution is 9.10. The number of rotatable bonds is 4. The van der Waals surface area contributed by atoms with Crippen molar-refractivity contribution in [3.05, 3.63) is 15.9 Å². The molecular formula is C12H18BrN3O. The lowest BCUT2D eigenvalue weighted by molar-refractivity contribution is -0.124. The van der Waals surface area contributed by atoms with E-state index in [1.807, 2.05) is 20.9 Å². The van der Waals surface area contributed by atoms with Crippen LogP contribution in [0.1, 0.15) is 18.3 Å². The van der Waals surface area contributed by atoms with E-state index in [0.717, 1.165) is 29.0 Å². The van der Waals surface area contributed by atoms with Gasteiger partial charge in [0.05, 0.1) is 15.9 Å². The first-order valence-electron chi connectivity index (χ1n) is 5.92. The Morgan fingerprint density at radius 1 is 1.65 bits per heavy atom. The van der Waals surface area contributed by atoms with Gasteiger partial charge in [-0.3, -0.25) is 9.48 Å². The lowest BCUT2D eigenvalue weighted by atomic mass is 9.84. The third-order valence-corrected chi connectivity index (χ3v) is 4.66. The van der Waals surface area contributed by atoms with E-state index < -0.39 is 0 Å². The van der Waals surface area contributed by atoms with Gasteiger partial charge in [-0.25, -0.2) is 0 Å². The second-order valence-corrected chi connectivity index (χ2v) is 5.61. The van der Waals surface area contributed by atoms with E-state index in [0.29, 0.717) is 18.1 Å². The molecule has 1 aromatic heterocycles. The summed E-state index contributed by atoms with van der Waals surface area (Å²) in [5.41, 5.74) is 1.92. The minimum absolute atomic E-state index is 0.137.